The van der Waals surface area contributed by atoms with Crippen LogP contribution in [0.2, 0.25) is 30.1 Å². The number of rotatable bonds is 5. The van der Waals surface area contributed by atoms with Crippen LogP contribution in [0.25, 0.3) is 0 Å². The fourth-order valence-corrected chi connectivity index (χ4v) is 7.09. The Hall–Kier alpha value is -2.43. The molecule has 0 bridgehead atoms. The van der Waals surface area contributed by atoms with Gasteiger partial charge in [0, 0.05) is 59.4 Å². The van der Waals surface area contributed by atoms with Gasteiger partial charge in [0.05, 0.1) is 40.0 Å². The van der Waals surface area contributed by atoms with Crippen LogP contribution >= 0.6 is 69.6 Å². The van der Waals surface area contributed by atoms with Gasteiger partial charge in [0.15, 0.2) is 0 Å². The van der Waals surface area contributed by atoms with Crippen LogP contribution in [0.3, 0.4) is 0 Å². The first kappa shape index (κ1) is 37.4. The minimum absolute atomic E-state index is 0. The van der Waals surface area contributed by atoms with Crippen LogP contribution in [-0.2, 0) is 4.79 Å². The summed E-state index contributed by atoms with van der Waals surface area (Å²) in [6.45, 7) is 4.50. The number of hydrogen-bond donors (Lipinski definition) is 2. The lowest BCUT2D eigenvalue weighted by Crippen LogP contribution is -2.52. The van der Waals surface area contributed by atoms with Gasteiger partial charge < -0.3 is 31.2 Å². The number of benzene rings is 4. The van der Waals surface area contributed by atoms with Crippen molar-refractivity contribution in [3.8, 4) is 0 Å². The minimum atomic E-state index is -0.0548. The molecule has 2 aliphatic heterocycles. The third-order valence-corrected chi connectivity index (χ3v) is 9.68. The van der Waals surface area contributed by atoms with E-state index in [1.54, 1.807) is 17.0 Å². The maximum absolute atomic E-state index is 12.1. The maximum Gasteiger partial charge on any atom is 0.236 e. The van der Waals surface area contributed by atoms with Crippen molar-refractivity contribution in [1.82, 2.24) is 10.2 Å². The van der Waals surface area contributed by atoms with Crippen molar-refractivity contribution in [2.75, 3.05) is 55.6 Å². The third kappa shape index (κ3) is 9.38. The maximum atomic E-state index is 12.1. The molecule has 250 valence electrons. The van der Waals surface area contributed by atoms with E-state index in [4.69, 9.17) is 75.3 Å². The summed E-state index contributed by atoms with van der Waals surface area (Å²) in [4.78, 5) is 18.4. The number of nitrogens with one attached hydrogen (secondary N) is 1. The third-order valence-electron chi connectivity index (χ3n) is 8.10. The van der Waals surface area contributed by atoms with Crippen molar-refractivity contribution in [3.05, 3.63) is 126 Å². The summed E-state index contributed by atoms with van der Waals surface area (Å²) in [7, 11) is 0. The molecule has 2 atom stereocenters. The van der Waals surface area contributed by atoms with Gasteiger partial charge >= 0.3 is 0 Å². The summed E-state index contributed by atoms with van der Waals surface area (Å²) in [6.07, 6.45) is 0. The lowest BCUT2D eigenvalue weighted by molar-refractivity contribution is -0.130. The fourth-order valence-electron chi connectivity index (χ4n) is 5.80. The van der Waals surface area contributed by atoms with E-state index < -0.39 is 0 Å². The molecule has 4 aromatic rings. The number of carbonyl (C=O) groups is 1. The summed E-state index contributed by atoms with van der Waals surface area (Å²) >= 11 is 36.8. The van der Waals surface area contributed by atoms with E-state index >= 15 is 0 Å². The van der Waals surface area contributed by atoms with Gasteiger partial charge in [-0.25, -0.2) is 0 Å². The number of carbonyl (C=O) groups excluding carboxylic acids is 1. The highest BCUT2D eigenvalue weighted by molar-refractivity contribution is 6.37. The zero-order chi connectivity index (χ0) is 32.8. The lowest BCUT2D eigenvalue weighted by Gasteiger charge is -2.43. The van der Waals surface area contributed by atoms with Gasteiger partial charge in [0.2, 0.25) is 5.91 Å². The van der Waals surface area contributed by atoms with Crippen LogP contribution in [0.5, 0.6) is 0 Å². The van der Waals surface area contributed by atoms with Crippen molar-refractivity contribution in [2.45, 2.75) is 12.1 Å². The molecule has 0 aromatic heterocycles. The van der Waals surface area contributed by atoms with Crippen molar-refractivity contribution < 1.29 is 10.3 Å². The largest absolute Gasteiger partial charge is 0.412 e. The van der Waals surface area contributed by atoms with E-state index in [1.807, 2.05) is 60.7 Å². The van der Waals surface area contributed by atoms with Gasteiger partial charge in [0.25, 0.3) is 0 Å². The highest BCUT2D eigenvalue weighted by Crippen LogP contribution is 2.37. The first-order valence-electron chi connectivity index (χ1n) is 14.8. The van der Waals surface area contributed by atoms with Crippen LogP contribution in [0.15, 0.2) is 84.9 Å². The lowest BCUT2D eigenvalue weighted by atomic mass is 10.0. The SMILES string of the molecule is Clc1ccc([C@@H]2CNCCN2c2ccc(Cl)cc2Cl)cc1.NCC(=O)N1CCN(c2ccc(Cl)cc2Cl)[C@H](c2ccc(Cl)cc2)C1.O. The minimum Gasteiger partial charge on any atom is -0.412 e. The molecule has 2 heterocycles. The van der Waals surface area contributed by atoms with Crippen LogP contribution in [0.4, 0.5) is 11.4 Å². The van der Waals surface area contributed by atoms with E-state index in [-0.39, 0.29) is 30.0 Å². The Morgan fingerprint density at radius 3 is 1.62 bits per heavy atom. The molecule has 0 saturated carbocycles. The van der Waals surface area contributed by atoms with Gasteiger partial charge in [-0.15, -0.1) is 0 Å². The number of hydrogen-bond acceptors (Lipinski definition) is 5. The molecule has 7 nitrogen and oxygen atoms in total. The van der Waals surface area contributed by atoms with Gasteiger partial charge in [-0.3, -0.25) is 4.79 Å². The molecule has 2 aliphatic rings. The number of amides is 1. The Kier molecular flexibility index (Phi) is 13.8. The zero-order valence-corrected chi connectivity index (χ0v) is 29.8. The highest BCUT2D eigenvalue weighted by atomic mass is 35.5. The predicted octanol–water partition coefficient (Wildman–Crippen LogP) is 7.97. The second kappa shape index (κ2) is 17.3. The van der Waals surface area contributed by atoms with Crippen LogP contribution in [0, 0.1) is 0 Å². The van der Waals surface area contributed by atoms with Crippen LogP contribution in [0.1, 0.15) is 23.2 Å². The second-order valence-corrected chi connectivity index (χ2v) is 13.5. The molecule has 0 unspecified atom stereocenters. The molecule has 0 radical (unpaired) electrons. The summed E-state index contributed by atoms with van der Waals surface area (Å²) < 4.78 is 0. The number of nitrogens with two attached hydrogens (primary N) is 1. The quantitative estimate of drug-likeness (QED) is 0.216. The van der Waals surface area contributed by atoms with Gasteiger partial charge in [-0.05, 0) is 71.8 Å². The fraction of sp³-hybridized carbons (Fsp3) is 0.265. The Balaban J connectivity index is 0.000000211. The first-order chi connectivity index (χ1) is 22.1. The normalized spacial score (nSPS) is 17.8. The standard InChI is InChI=1S/C18H18Cl3N3O.C16H15Cl3N2.H2O/c19-13-3-1-12(2-4-13)17-11-23(18(25)10-22)7-8-24(17)16-6-5-14(20)9-15(16)21;17-12-3-1-11(2-4-12)16-10-20-7-8-21(16)15-6-5-13(18)9-14(15)19;/h1-6,9,17H,7-8,10-11,22H2;1-6,9,16,20H,7-8,10H2;1H2/t17-;16-;/m00./s1. The Bertz CT molecular complexity index is 1640. The molecule has 4 aromatic carbocycles. The zero-order valence-electron chi connectivity index (χ0n) is 25.3. The van der Waals surface area contributed by atoms with Crippen molar-refractivity contribution in [3.63, 3.8) is 0 Å². The number of anilines is 2. The van der Waals surface area contributed by atoms with Gasteiger partial charge in [-0.1, -0.05) is 93.9 Å². The highest BCUT2D eigenvalue weighted by Gasteiger charge is 2.31. The summed E-state index contributed by atoms with van der Waals surface area (Å²) in [5.74, 6) is -0.0548. The molecule has 5 N–H and O–H groups in total. The van der Waals surface area contributed by atoms with E-state index in [9.17, 15) is 4.79 Å². The van der Waals surface area contributed by atoms with Crippen LogP contribution in [-0.4, -0.2) is 62.1 Å². The van der Waals surface area contributed by atoms with E-state index in [0.29, 0.717) is 44.7 Å². The summed E-state index contributed by atoms with van der Waals surface area (Å²) in [5, 5.41) is 7.37. The van der Waals surface area contributed by atoms with Crippen molar-refractivity contribution in [1.29, 1.82) is 0 Å². The number of halogens is 6. The summed E-state index contributed by atoms with van der Waals surface area (Å²) in [6, 6.07) is 26.9. The molecule has 2 fully saturated rings. The van der Waals surface area contributed by atoms with Gasteiger partial charge in [0.1, 0.15) is 0 Å². The molecular weight excluding hydrogens is 723 g/mol. The first-order valence-corrected chi connectivity index (χ1v) is 17.0. The predicted molar refractivity (Wildman–Crippen MR) is 198 cm³/mol. The Morgan fingerprint density at radius 2 is 1.13 bits per heavy atom. The van der Waals surface area contributed by atoms with Crippen molar-refractivity contribution >= 4 is 86.9 Å². The molecule has 0 spiro atoms. The van der Waals surface area contributed by atoms with E-state index in [1.165, 1.54) is 5.56 Å². The van der Waals surface area contributed by atoms with Crippen molar-refractivity contribution in [2.24, 2.45) is 5.73 Å². The monoisotopic (exact) mass is 755 g/mol. The van der Waals surface area contributed by atoms with E-state index in [2.05, 4.69) is 27.2 Å². The molecule has 0 aliphatic carbocycles. The Morgan fingerprint density at radius 1 is 0.660 bits per heavy atom. The van der Waals surface area contributed by atoms with Gasteiger partial charge in [-0.2, -0.15) is 0 Å². The molecule has 13 heteroatoms. The molecule has 6 rings (SSSR count). The van der Waals surface area contributed by atoms with Crippen LogP contribution < -0.4 is 20.9 Å². The second-order valence-electron chi connectivity index (χ2n) is 11.0. The summed E-state index contributed by atoms with van der Waals surface area (Å²) in [5.41, 5.74) is 9.73. The smallest absolute Gasteiger partial charge is 0.236 e. The molecule has 47 heavy (non-hydrogen) atoms. The average molecular weight is 758 g/mol. The average Bonchev–Trinajstić information content (AvgIpc) is 3.05. The number of piperazine rings is 2. The molecule has 1 amide bonds. The topological polar surface area (TPSA) is 96.3 Å². The molecule has 2 saturated heterocycles. The Labute approximate surface area is 305 Å². The molecular formula is C34H35Cl6N5O2. The number of nitrogens with zero attached hydrogens (tertiary/aromatic N) is 3. The van der Waals surface area contributed by atoms with E-state index in [0.717, 1.165) is 41.6 Å².